The summed E-state index contributed by atoms with van der Waals surface area (Å²) in [6.45, 7) is 9.16. The SMILES string of the molecule is CCCCCN(c1c(F)cccc1[C@@H](C)N)C(C)C. The predicted molar refractivity (Wildman–Crippen MR) is 81.0 cm³/mol. The van der Waals surface area contributed by atoms with E-state index in [0.29, 0.717) is 5.69 Å². The van der Waals surface area contributed by atoms with Gasteiger partial charge < -0.3 is 10.6 Å². The Bertz CT molecular complexity index is 388. The van der Waals surface area contributed by atoms with Crippen molar-refractivity contribution in [1.29, 1.82) is 0 Å². The molecule has 0 aliphatic heterocycles. The summed E-state index contributed by atoms with van der Waals surface area (Å²) >= 11 is 0. The molecule has 0 unspecified atom stereocenters. The Hall–Kier alpha value is -1.09. The Morgan fingerprint density at radius 2 is 1.89 bits per heavy atom. The maximum atomic E-state index is 14.2. The van der Waals surface area contributed by atoms with Crippen molar-refractivity contribution in [2.24, 2.45) is 5.73 Å². The van der Waals surface area contributed by atoms with E-state index in [0.717, 1.165) is 18.5 Å². The van der Waals surface area contributed by atoms with Crippen molar-refractivity contribution in [3.8, 4) is 0 Å². The highest BCUT2D eigenvalue weighted by molar-refractivity contribution is 5.56. The molecular formula is C16H27FN2. The third-order valence-corrected chi connectivity index (χ3v) is 3.42. The first kappa shape index (κ1) is 16.0. The monoisotopic (exact) mass is 266 g/mol. The number of benzene rings is 1. The summed E-state index contributed by atoms with van der Waals surface area (Å²) in [5.41, 5.74) is 7.56. The lowest BCUT2D eigenvalue weighted by atomic mass is 10.0. The smallest absolute Gasteiger partial charge is 0.146 e. The molecule has 19 heavy (non-hydrogen) atoms. The molecule has 0 saturated carbocycles. The first-order valence-electron chi connectivity index (χ1n) is 7.29. The number of anilines is 1. The van der Waals surface area contributed by atoms with Crippen molar-refractivity contribution in [3.05, 3.63) is 29.6 Å². The number of nitrogens with two attached hydrogens (primary N) is 1. The van der Waals surface area contributed by atoms with E-state index in [1.807, 2.05) is 13.0 Å². The fourth-order valence-corrected chi connectivity index (χ4v) is 2.36. The van der Waals surface area contributed by atoms with Crippen LogP contribution in [0.1, 0.15) is 58.6 Å². The van der Waals surface area contributed by atoms with E-state index in [1.165, 1.54) is 18.9 Å². The third-order valence-electron chi connectivity index (χ3n) is 3.42. The highest BCUT2D eigenvalue weighted by atomic mass is 19.1. The van der Waals surface area contributed by atoms with Crippen molar-refractivity contribution < 1.29 is 4.39 Å². The van der Waals surface area contributed by atoms with E-state index in [2.05, 4.69) is 25.7 Å². The van der Waals surface area contributed by atoms with Gasteiger partial charge >= 0.3 is 0 Å². The van der Waals surface area contributed by atoms with Crippen LogP contribution in [-0.2, 0) is 0 Å². The molecule has 0 radical (unpaired) electrons. The minimum Gasteiger partial charge on any atom is -0.366 e. The Labute approximate surface area is 116 Å². The van der Waals surface area contributed by atoms with E-state index in [4.69, 9.17) is 5.73 Å². The molecule has 0 aromatic heterocycles. The quantitative estimate of drug-likeness (QED) is 0.747. The second kappa shape index (κ2) is 7.49. The lowest BCUT2D eigenvalue weighted by molar-refractivity contribution is 0.577. The van der Waals surface area contributed by atoms with E-state index in [9.17, 15) is 4.39 Å². The molecule has 1 atom stereocenters. The van der Waals surface area contributed by atoms with Gasteiger partial charge in [0.1, 0.15) is 5.82 Å². The van der Waals surface area contributed by atoms with Crippen LogP contribution in [0.4, 0.5) is 10.1 Å². The second-order valence-electron chi connectivity index (χ2n) is 5.46. The molecule has 0 heterocycles. The minimum atomic E-state index is -0.167. The van der Waals surface area contributed by atoms with Crippen LogP contribution in [0.3, 0.4) is 0 Å². The van der Waals surface area contributed by atoms with Crippen molar-refractivity contribution in [2.75, 3.05) is 11.4 Å². The van der Waals surface area contributed by atoms with Crippen LogP contribution in [0.15, 0.2) is 18.2 Å². The summed E-state index contributed by atoms with van der Waals surface area (Å²) in [6, 6.07) is 5.31. The number of nitrogens with zero attached hydrogens (tertiary/aromatic N) is 1. The highest BCUT2D eigenvalue weighted by Gasteiger charge is 2.19. The van der Waals surface area contributed by atoms with Crippen molar-refractivity contribution in [3.63, 3.8) is 0 Å². The third kappa shape index (κ3) is 4.20. The molecule has 1 aromatic rings. The molecule has 0 bridgehead atoms. The number of halogens is 1. The largest absolute Gasteiger partial charge is 0.366 e. The number of rotatable bonds is 7. The summed E-state index contributed by atoms with van der Waals surface area (Å²) < 4.78 is 14.2. The van der Waals surface area contributed by atoms with Crippen LogP contribution < -0.4 is 10.6 Å². The summed E-state index contributed by atoms with van der Waals surface area (Å²) in [7, 11) is 0. The van der Waals surface area contributed by atoms with E-state index in [-0.39, 0.29) is 17.9 Å². The highest BCUT2D eigenvalue weighted by Crippen LogP contribution is 2.30. The number of hydrogen-bond donors (Lipinski definition) is 1. The van der Waals surface area contributed by atoms with Gasteiger partial charge in [0.05, 0.1) is 5.69 Å². The van der Waals surface area contributed by atoms with Crippen LogP contribution in [0.2, 0.25) is 0 Å². The second-order valence-corrected chi connectivity index (χ2v) is 5.46. The van der Waals surface area contributed by atoms with Gasteiger partial charge in [0.25, 0.3) is 0 Å². The van der Waals surface area contributed by atoms with Crippen molar-refractivity contribution in [1.82, 2.24) is 0 Å². The molecular weight excluding hydrogens is 239 g/mol. The van der Waals surface area contributed by atoms with Gasteiger partial charge in [-0.3, -0.25) is 0 Å². The molecule has 0 fully saturated rings. The Morgan fingerprint density at radius 1 is 1.21 bits per heavy atom. The molecule has 108 valence electrons. The average Bonchev–Trinajstić information content (AvgIpc) is 2.34. The Kier molecular flexibility index (Phi) is 6.29. The predicted octanol–water partition coefficient (Wildman–Crippen LogP) is 4.25. The zero-order chi connectivity index (χ0) is 14.4. The lowest BCUT2D eigenvalue weighted by Crippen LogP contribution is -2.34. The van der Waals surface area contributed by atoms with Gasteiger partial charge in [-0.2, -0.15) is 0 Å². The normalized spacial score (nSPS) is 12.8. The van der Waals surface area contributed by atoms with Gasteiger partial charge in [-0.25, -0.2) is 4.39 Å². The molecule has 0 amide bonds. The number of unbranched alkanes of at least 4 members (excludes halogenated alkanes) is 2. The summed E-state index contributed by atoms with van der Waals surface area (Å²) in [6.07, 6.45) is 3.43. The van der Waals surface area contributed by atoms with Gasteiger partial charge in [-0.1, -0.05) is 31.9 Å². The average molecular weight is 266 g/mol. The maximum absolute atomic E-state index is 14.2. The van der Waals surface area contributed by atoms with E-state index < -0.39 is 0 Å². The van der Waals surface area contributed by atoms with Crippen molar-refractivity contribution >= 4 is 5.69 Å². The van der Waals surface area contributed by atoms with E-state index in [1.54, 1.807) is 6.07 Å². The molecule has 1 aromatic carbocycles. The fourth-order valence-electron chi connectivity index (χ4n) is 2.36. The number of hydrogen-bond acceptors (Lipinski definition) is 2. The standard InChI is InChI=1S/C16H27FN2/c1-5-6-7-11-19(12(2)3)16-14(13(4)18)9-8-10-15(16)17/h8-10,12-13H,5-7,11,18H2,1-4H3/t13-/m1/s1. The van der Waals surface area contributed by atoms with Crippen molar-refractivity contribution in [2.45, 2.75) is 59.0 Å². The molecule has 2 N–H and O–H groups in total. The van der Waals surface area contributed by atoms with Crippen LogP contribution in [-0.4, -0.2) is 12.6 Å². The molecule has 2 nitrogen and oxygen atoms in total. The van der Waals surface area contributed by atoms with Gasteiger partial charge in [-0.15, -0.1) is 0 Å². The maximum Gasteiger partial charge on any atom is 0.146 e. The van der Waals surface area contributed by atoms with Gasteiger partial charge in [0.2, 0.25) is 0 Å². The topological polar surface area (TPSA) is 29.3 Å². The Balaban J connectivity index is 3.07. The first-order valence-corrected chi connectivity index (χ1v) is 7.29. The van der Waals surface area contributed by atoms with Crippen LogP contribution >= 0.6 is 0 Å². The Morgan fingerprint density at radius 3 is 2.42 bits per heavy atom. The molecule has 3 heteroatoms. The van der Waals surface area contributed by atoms with Crippen LogP contribution in [0, 0.1) is 5.82 Å². The van der Waals surface area contributed by atoms with Gasteiger partial charge in [-0.05, 0) is 38.8 Å². The summed E-state index contributed by atoms with van der Waals surface area (Å²) in [5, 5.41) is 0. The van der Waals surface area contributed by atoms with E-state index >= 15 is 0 Å². The molecule has 0 aliphatic rings. The first-order chi connectivity index (χ1) is 8.99. The van der Waals surface area contributed by atoms with Gasteiger partial charge in [0, 0.05) is 18.6 Å². The zero-order valence-corrected chi connectivity index (χ0v) is 12.6. The van der Waals surface area contributed by atoms with Gasteiger partial charge in [0.15, 0.2) is 0 Å². The summed E-state index contributed by atoms with van der Waals surface area (Å²) in [5.74, 6) is -0.167. The number of para-hydroxylation sites is 1. The van der Waals surface area contributed by atoms with Crippen LogP contribution in [0.25, 0.3) is 0 Å². The molecule has 0 aliphatic carbocycles. The fraction of sp³-hybridized carbons (Fsp3) is 0.625. The lowest BCUT2D eigenvalue weighted by Gasteiger charge is -2.32. The van der Waals surface area contributed by atoms with Crippen LogP contribution in [0.5, 0.6) is 0 Å². The minimum absolute atomic E-state index is 0.155. The summed E-state index contributed by atoms with van der Waals surface area (Å²) in [4.78, 5) is 2.14. The molecule has 1 rings (SSSR count). The zero-order valence-electron chi connectivity index (χ0n) is 12.6. The molecule has 0 spiro atoms. The molecule has 0 saturated heterocycles.